The number of hydrogen-bond acceptors (Lipinski definition) is 3. The number of rotatable bonds is 1. The van der Waals surface area contributed by atoms with Gasteiger partial charge in [-0.05, 0) is 15.9 Å². The van der Waals surface area contributed by atoms with Crippen LogP contribution in [-0.4, -0.2) is 16.2 Å². The van der Waals surface area contributed by atoms with Crippen molar-refractivity contribution in [3.63, 3.8) is 0 Å². The van der Waals surface area contributed by atoms with Gasteiger partial charge in [0.1, 0.15) is 5.56 Å². The highest BCUT2D eigenvalue weighted by atomic mass is 79.9. The van der Waals surface area contributed by atoms with Gasteiger partial charge in [-0.25, -0.2) is 4.79 Å². The minimum Gasteiger partial charge on any atom is -0.477 e. The summed E-state index contributed by atoms with van der Waals surface area (Å²) in [5.74, 6) is -0.648. The Morgan fingerprint density at radius 3 is 2.38 bits per heavy atom. The van der Waals surface area contributed by atoms with Gasteiger partial charge in [0.25, 0.3) is 0 Å². The van der Waals surface area contributed by atoms with E-state index in [1.807, 2.05) is 20.8 Å². The van der Waals surface area contributed by atoms with Crippen molar-refractivity contribution < 1.29 is 14.4 Å². The standard InChI is InChI=1S/C8H10BrNO3/c1-8(2,3)5-4(7(11)12)6(9)10-13-5/h1-3H3,(H,11,12). The molecule has 13 heavy (non-hydrogen) atoms. The smallest absolute Gasteiger partial charge is 0.342 e. The molecular formula is C8H10BrNO3. The van der Waals surface area contributed by atoms with Gasteiger partial charge in [0.15, 0.2) is 10.4 Å². The molecule has 1 aromatic heterocycles. The summed E-state index contributed by atoms with van der Waals surface area (Å²) in [4.78, 5) is 10.8. The van der Waals surface area contributed by atoms with E-state index in [0.29, 0.717) is 5.76 Å². The normalized spacial score (nSPS) is 11.7. The molecular weight excluding hydrogens is 238 g/mol. The number of hydrogen-bond donors (Lipinski definition) is 1. The number of halogens is 1. The van der Waals surface area contributed by atoms with Crippen LogP contribution in [0.2, 0.25) is 0 Å². The zero-order valence-corrected chi connectivity index (χ0v) is 9.17. The molecule has 0 unspecified atom stereocenters. The highest BCUT2D eigenvalue weighted by Crippen LogP contribution is 2.30. The zero-order valence-electron chi connectivity index (χ0n) is 7.59. The predicted octanol–water partition coefficient (Wildman–Crippen LogP) is 2.43. The quantitative estimate of drug-likeness (QED) is 0.828. The van der Waals surface area contributed by atoms with E-state index in [-0.39, 0.29) is 15.6 Å². The Hall–Kier alpha value is -0.840. The molecule has 1 rings (SSSR count). The summed E-state index contributed by atoms with van der Waals surface area (Å²) < 4.78 is 5.18. The first-order chi connectivity index (χ1) is 5.84. The van der Waals surface area contributed by atoms with Gasteiger partial charge in [-0.1, -0.05) is 25.9 Å². The third kappa shape index (κ3) is 1.91. The minimum absolute atomic E-state index is 0.104. The van der Waals surface area contributed by atoms with E-state index < -0.39 is 5.97 Å². The molecule has 0 aliphatic rings. The van der Waals surface area contributed by atoms with E-state index in [1.165, 1.54) is 0 Å². The second-order valence-electron chi connectivity index (χ2n) is 3.73. The summed E-state index contributed by atoms with van der Waals surface area (Å²) >= 11 is 3.02. The summed E-state index contributed by atoms with van der Waals surface area (Å²) in [5.41, 5.74) is -0.250. The Kier molecular flexibility index (Phi) is 2.47. The van der Waals surface area contributed by atoms with Crippen molar-refractivity contribution in [3.05, 3.63) is 15.9 Å². The summed E-state index contributed by atoms with van der Waals surface area (Å²) in [7, 11) is 0. The maximum Gasteiger partial charge on any atom is 0.342 e. The van der Waals surface area contributed by atoms with Gasteiger partial charge in [-0.3, -0.25) is 0 Å². The SMILES string of the molecule is CC(C)(C)c1onc(Br)c1C(=O)O. The maximum atomic E-state index is 10.8. The van der Waals surface area contributed by atoms with Crippen molar-refractivity contribution in [1.29, 1.82) is 0 Å². The van der Waals surface area contributed by atoms with E-state index in [2.05, 4.69) is 21.1 Å². The van der Waals surface area contributed by atoms with Gasteiger partial charge >= 0.3 is 5.97 Å². The molecule has 1 N–H and O–H groups in total. The van der Waals surface area contributed by atoms with Crippen molar-refractivity contribution in [3.8, 4) is 0 Å². The average Bonchev–Trinajstić information content (AvgIpc) is 2.28. The van der Waals surface area contributed by atoms with Crippen molar-refractivity contribution in [2.24, 2.45) is 0 Å². The van der Waals surface area contributed by atoms with E-state index in [0.717, 1.165) is 0 Å². The lowest BCUT2D eigenvalue weighted by molar-refractivity contribution is 0.0691. The summed E-state index contributed by atoms with van der Waals surface area (Å²) in [6.07, 6.45) is 0. The Balaban J connectivity index is 3.31. The van der Waals surface area contributed by atoms with Crippen LogP contribution in [0.3, 0.4) is 0 Å². The minimum atomic E-state index is -1.03. The number of carboxylic acids is 1. The second kappa shape index (κ2) is 3.14. The zero-order chi connectivity index (χ0) is 10.2. The van der Waals surface area contributed by atoms with Gasteiger partial charge < -0.3 is 9.63 Å². The third-order valence-corrected chi connectivity index (χ3v) is 2.09. The van der Waals surface area contributed by atoms with E-state index in [1.54, 1.807) is 0 Å². The molecule has 0 radical (unpaired) electrons. The van der Waals surface area contributed by atoms with Crippen molar-refractivity contribution in [2.75, 3.05) is 0 Å². The molecule has 4 nitrogen and oxygen atoms in total. The molecule has 72 valence electrons. The second-order valence-corrected chi connectivity index (χ2v) is 4.48. The lowest BCUT2D eigenvalue weighted by Gasteiger charge is -2.14. The lowest BCUT2D eigenvalue weighted by Crippen LogP contribution is -2.14. The van der Waals surface area contributed by atoms with Crippen LogP contribution in [0.1, 0.15) is 36.9 Å². The number of carboxylic acid groups (broad SMARTS) is 1. The number of aromatic nitrogens is 1. The van der Waals surface area contributed by atoms with E-state index in [9.17, 15) is 4.79 Å². The van der Waals surface area contributed by atoms with Crippen LogP contribution in [0.4, 0.5) is 0 Å². The van der Waals surface area contributed by atoms with Crippen LogP contribution in [0.5, 0.6) is 0 Å². The summed E-state index contributed by atoms with van der Waals surface area (Å²) in [6.45, 7) is 5.60. The first kappa shape index (κ1) is 10.2. The Labute approximate surface area is 84.0 Å². The van der Waals surface area contributed by atoms with Crippen LogP contribution in [0.25, 0.3) is 0 Å². The van der Waals surface area contributed by atoms with Crippen molar-refractivity contribution in [2.45, 2.75) is 26.2 Å². The molecule has 0 fully saturated rings. The van der Waals surface area contributed by atoms with Gasteiger partial charge in [-0.15, -0.1) is 0 Å². The van der Waals surface area contributed by atoms with Crippen LogP contribution < -0.4 is 0 Å². The summed E-state index contributed by atoms with van der Waals surface area (Å²) in [5, 5.41) is 12.4. The Morgan fingerprint density at radius 1 is 1.54 bits per heavy atom. The third-order valence-electron chi connectivity index (χ3n) is 1.55. The molecule has 0 atom stereocenters. The fraction of sp³-hybridized carbons (Fsp3) is 0.500. The molecule has 0 bridgehead atoms. The predicted molar refractivity (Wildman–Crippen MR) is 49.9 cm³/mol. The van der Waals surface area contributed by atoms with Gasteiger partial charge in [0.2, 0.25) is 0 Å². The van der Waals surface area contributed by atoms with Gasteiger partial charge in [0.05, 0.1) is 0 Å². The van der Waals surface area contributed by atoms with Crippen LogP contribution >= 0.6 is 15.9 Å². The molecule has 0 amide bonds. The van der Waals surface area contributed by atoms with Crippen molar-refractivity contribution >= 4 is 21.9 Å². The van der Waals surface area contributed by atoms with Gasteiger partial charge in [-0.2, -0.15) is 0 Å². The molecule has 0 aliphatic heterocycles. The fourth-order valence-electron chi connectivity index (χ4n) is 0.968. The largest absolute Gasteiger partial charge is 0.477 e. The molecule has 1 aromatic rings. The number of aromatic carboxylic acids is 1. The molecule has 1 heterocycles. The topological polar surface area (TPSA) is 63.3 Å². The monoisotopic (exact) mass is 247 g/mol. The number of nitrogens with zero attached hydrogens (tertiary/aromatic N) is 1. The first-order valence-corrected chi connectivity index (χ1v) is 4.52. The highest BCUT2D eigenvalue weighted by Gasteiger charge is 2.29. The Morgan fingerprint density at radius 2 is 2.08 bits per heavy atom. The Bertz CT molecular complexity index is 338. The fourth-order valence-corrected chi connectivity index (χ4v) is 1.39. The molecule has 0 aromatic carbocycles. The molecule has 0 aliphatic carbocycles. The average molecular weight is 248 g/mol. The molecule has 0 saturated carbocycles. The van der Waals surface area contributed by atoms with Crippen LogP contribution in [0, 0.1) is 0 Å². The highest BCUT2D eigenvalue weighted by molar-refractivity contribution is 9.10. The van der Waals surface area contributed by atoms with Crippen molar-refractivity contribution in [1.82, 2.24) is 5.16 Å². The molecule has 0 spiro atoms. The lowest BCUT2D eigenvalue weighted by atomic mass is 9.91. The summed E-state index contributed by atoms with van der Waals surface area (Å²) in [6, 6.07) is 0. The van der Waals surface area contributed by atoms with Crippen LogP contribution in [0.15, 0.2) is 9.13 Å². The maximum absolute atomic E-state index is 10.8. The molecule has 0 saturated heterocycles. The number of carbonyl (C=O) groups is 1. The van der Waals surface area contributed by atoms with Crippen LogP contribution in [-0.2, 0) is 5.41 Å². The molecule has 5 heteroatoms. The van der Waals surface area contributed by atoms with Gasteiger partial charge in [0, 0.05) is 5.41 Å². The van der Waals surface area contributed by atoms with E-state index in [4.69, 9.17) is 9.63 Å². The first-order valence-electron chi connectivity index (χ1n) is 3.73. The van der Waals surface area contributed by atoms with E-state index >= 15 is 0 Å².